The van der Waals surface area contributed by atoms with Crippen LogP contribution in [0.15, 0.2) is 42.5 Å². The molecular weight excluding hydrogens is 406 g/mol. The minimum atomic E-state index is -0.618. The molecule has 2 aromatic rings. The Bertz CT molecular complexity index is 933. The van der Waals surface area contributed by atoms with Crippen molar-refractivity contribution >= 4 is 5.97 Å². The fraction of sp³-hybridized carbons (Fsp3) is 0.533. The molecule has 3 nitrogen and oxygen atoms in total. The van der Waals surface area contributed by atoms with Crippen LogP contribution in [-0.2, 0) is 23.1 Å². The Hall–Kier alpha value is -2.60. The van der Waals surface area contributed by atoms with Crippen molar-refractivity contribution in [1.82, 2.24) is 0 Å². The van der Waals surface area contributed by atoms with Gasteiger partial charge in [0.25, 0.3) is 0 Å². The predicted molar refractivity (Wildman–Crippen MR) is 134 cm³/mol. The highest BCUT2D eigenvalue weighted by molar-refractivity contribution is 5.85. The lowest BCUT2D eigenvalue weighted by Crippen LogP contribution is -2.41. The van der Waals surface area contributed by atoms with Crippen molar-refractivity contribution in [1.29, 1.82) is 5.26 Å². The molecule has 1 aliphatic rings. The monoisotopic (exact) mass is 445 g/mol. The number of carbonyl (C=O) groups is 1. The van der Waals surface area contributed by atoms with E-state index in [1.807, 2.05) is 18.2 Å². The second-order valence-electron chi connectivity index (χ2n) is 9.59. The van der Waals surface area contributed by atoms with E-state index in [-0.39, 0.29) is 5.97 Å². The summed E-state index contributed by atoms with van der Waals surface area (Å²) in [4.78, 5) is 13.6. The normalized spacial score (nSPS) is 15.1. The van der Waals surface area contributed by atoms with Gasteiger partial charge in [0.2, 0.25) is 0 Å². The summed E-state index contributed by atoms with van der Waals surface area (Å²) in [5.41, 5.74) is 3.35. The Balaban J connectivity index is 1.78. The van der Waals surface area contributed by atoms with Crippen LogP contribution >= 0.6 is 0 Å². The third-order valence-corrected chi connectivity index (χ3v) is 7.11. The van der Waals surface area contributed by atoms with Crippen molar-refractivity contribution in [2.75, 3.05) is 0 Å². The van der Waals surface area contributed by atoms with E-state index in [2.05, 4.69) is 44.2 Å². The Morgan fingerprint density at radius 2 is 1.55 bits per heavy atom. The molecule has 0 heterocycles. The molecule has 0 aliphatic heterocycles. The standard InChI is InChI=1S/C30H39NO2/c1-3-5-7-9-13-25-16-19-28(26(22-25)23-31)33-29(32)30(20-10-8-11-21-30)27-17-14-24(15-18-27)12-6-4-2/h14-19,22H,3-13,20-21H2,1-2H3. The van der Waals surface area contributed by atoms with Gasteiger partial charge in [0.15, 0.2) is 0 Å². The molecule has 0 aromatic heterocycles. The van der Waals surface area contributed by atoms with Crippen LogP contribution in [0.25, 0.3) is 0 Å². The number of nitriles is 1. The van der Waals surface area contributed by atoms with Gasteiger partial charge < -0.3 is 4.74 Å². The van der Waals surface area contributed by atoms with Gasteiger partial charge in [-0.2, -0.15) is 5.26 Å². The van der Waals surface area contributed by atoms with Gasteiger partial charge in [-0.1, -0.05) is 89.1 Å². The number of rotatable bonds is 11. The average Bonchev–Trinajstić information content (AvgIpc) is 2.86. The van der Waals surface area contributed by atoms with Gasteiger partial charge in [-0.15, -0.1) is 0 Å². The van der Waals surface area contributed by atoms with Gasteiger partial charge in [-0.25, -0.2) is 0 Å². The molecule has 1 saturated carbocycles. The van der Waals surface area contributed by atoms with Crippen LogP contribution in [0.2, 0.25) is 0 Å². The van der Waals surface area contributed by atoms with Crippen molar-refractivity contribution in [3.8, 4) is 11.8 Å². The molecule has 0 unspecified atom stereocenters. The summed E-state index contributed by atoms with van der Waals surface area (Å²) >= 11 is 0. The third-order valence-electron chi connectivity index (χ3n) is 7.11. The number of esters is 1. The van der Waals surface area contributed by atoms with E-state index >= 15 is 0 Å². The number of carbonyl (C=O) groups excluding carboxylic acids is 1. The molecule has 0 bridgehead atoms. The second kappa shape index (κ2) is 12.6. The summed E-state index contributed by atoms with van der Waals surface area (Å²) in [5, 5.41) is 9.72. The summed E-state index contributed by atoms with van der Waals surface area (Å²) in [5.74, 6) is 0.181. The van der Waals surface area contributed by atoms with Gasteiger partial charge in [0.05, 0.1) is 11.0 Å². The maximum Gasteiger partial charge on any atom is 0.321 e. The van der Waals surface area contributed by atoms with Gasteiger partial charge in [-0.3, -0.25) is 4.79 Å². The molecule has 1 aliphatic carbocycles. The molecule has 0 radical (unpaired) electrons. The van der Waals surface area contributed by atoms with Gasteiger partial charge >= 0.3 is 5.97 Å². The summed E-state index contributed by atoms with van der Waals surface area (Å²) < 4.78 is 5.97. The quantitative estimate of drug-likeness (QED) is 0.201. The first-order chi connectivity index (χ1) is 16.1. The third kappa shape index (κ3) is 6.47. The Labute approximate surface area is 200 Å². The van der Waals surface area contributed by atoms with E-state index in [9.17, 15) is 10.1 Å². The van der Waals surface area contributed by atoms with E-state index < -0.39 is 5.41 Å². The predicted octanol–water partition coefficient (Wildman–Crippen LogP) is 7.83. The van der Waals surface area contributed by atoms with Crippen molar-refractivity contribution < 1.29 is 9.53 Å². The van der Waals surface area contributed by atoms with Crippen LogP contribution in [0.1, 0.15) is 107 Å². The highest BCUT2D eigenvalue weighted by Gasteiger charge is 2.43. The van der Waals surface area contributed by atoms with Crippen LogP contribution in [-0.4, -0.2) is 5.97 Å². The Morgan fingerprint density at radius 1 is 0.879 bits per heavy atom. The molecule has 0 N–H and O–H groups in total. The minimum absolute atomic E-state index is 0.212. The number of ether oxygens (including phenoxy) is 1. The number of nitrogens with zero attached hydrogens (tertiary/aromatic N) is 1. The number of hydrogen-bond donors (Lipinski definition) is 0. The summed E-state index contributed by atoms with van der Waals surface area (Å²) in [6.45, 7) is 4.41. The first-order valence-electron chi connectivity index (χ1n) is 13.0. The molecule has 0 amide bonds. The largest absolute Gasteiger partial charge is 0.424 e. The number of unbranched alkanes of at least 4 members (excludes halogenated alkanes) is 4. The van der Waals surface area contributed by atoms with Crippen LogP contribution < -0.4 is 4.74 Å². The smallest absolute Gasteiger partial charge is 0.321 e. The Kier molecular flexibility index (Phi) is 9.55. The summed E-state index contributed by atoms with van der Waals surface area (Å²) in [6, 6.07) is 16.6. The first kappa shape index (κ1) is 25.0. The SMILES string of the molecule is CCCCCCc1ccc(OC(=O)C2(c3ccc(CCCC)cc3)CCCCC2)c(C#N)c1. The fourth-order valence-electron chi connectivity index (χ4n) is 5.00. The number of aryl methyl sites for hydroxylation is 2. The van der Waals surface area contributed by atoms with Crippen LogP contribution in [0, 0.1) is 11.3 Å². The van der Waals surface area contributed by atoms with E-state index in [1.165, 1.54) is 37.7 Å². The molecule has 1 fully saturated rings. The zero-order valence-electron chi connectivity index (χ0n) is 20.5. The highest BCUT2D eigenvalue weighted by Crippen LogP contribution is 2.41. The van der Waals surface area contributed by atoms with Gasteiger partial charge in [0.1, 0.15) is 11.8 Å². The number of hydrogen-bond acceptors (Lipinski definition) is 3. The average molecular weight is 446 g/mol. The molecule has 0 saturated heterocycles. The topological polar surface area (TPSA) is 50.1 Å². The van der Waals surface area contributed by atoms with Crippen LogP contribution in [0.5, 0.6) is 5.75 Å². The molecule has 33 heavy (non-hydrogen) atoms. The lowest BCUT2D eigenvalue weighted by Gasteiger charge is -2.35. The van der Waals surface area contributed by atoms with Gasteiger partial charge in [-0.05, 0) is 67.3 Å². The lowest BCUT2D eigenvalue weighted by atomic mass is 9.69. The van der Waals surface area contributed by atoms with Crippen LogP contribution in [0.4, 0.5) is 0 Å². The Morgan fingerprint density at radius 3 is 2.21 bits per heavy atom. The van der Waals surface area contributed by atoms with Crippen LogP contribution in [0.3, 0.4) is 0 Å². The molecule has 2 aromatic carbocycles. The van der Waals surface area contributed by atoms with E-state index in [4.69, 9.17) is 4.74 Å². The van der Waals surface area contributed by atoms with Crippen molar-refractivity contribution in [3.63, 3.8) is 0 Å². The van der Waals surface area contributed by atoms with E-state index in [0.29, 0.717) is 11.3 Å². The van der Waals surface area contributed by atoms with E-state index in [1.54, 1.807) is 0 Å². The highest BCUT2D eigenvalue weighted by atomic mass is 16.5. The maximum atomic E-state index is 13.6. The zero-order chi connectivity index (χ0) is 23.5. The summed E-state index contributed by atoms with van der Waals surface area (Å²) in [7, 11) is 0. The molecule has 0 atom stereocenters. The summed E-state index contributed by atoms with van der Waals surface area (Å²) in [6.07, 6.45) is 14.0. The minimum Gasteiger partial charge on any atom is -0.424 e. The maximum absolute atomic E-state index is 13.6. The molecule has 176 valence electrons. The first-order valence-corrected chi connectivity index (χ1v) is 13.0. The lowest BCUT2D eigenvalue weighted by molar-refractivity contribution is -0.142. The van der Waals surface area contributed by atoms with Crippen molar-refractivity contribution in [2.45, 2.75) is 103 Å². The van der Waals surface area contributed by atoms with Crippen molar-refractivity contribution in [3.05, 3.63) is 64.7 Å². The fourth-order valence-corrected chi connectivity index (χ4v) is 5.00. The molecular formula is C30H39NO2. The van der Waals surface area contributed by atoms with Gasteiger partial charge in [0, 0.05) is 0 Å². The molecule has 3 rings (SSSR count). The zero-order valence-corrected chi connectivity index (χ0v) is 20.5. The number of benzene rings is 2. The molecule has 0 spiro atoms. The second-order valence-corrected chi connectivity index (χ2v) is 9.59. The van der Waals surface area contributed by atoms with E-state index in [0.717, 1.165) is 62.5 Å². The van der Waals surface area contributed by atoms with Crippen molar-refractivity contribution in [2.24, 2.45) is 0 Å². The molecule has 3 heteroatoms.